The van der Waals surface area contributed by atoms with Crippen LogP contribution in [0.25, 0.3) is 11.3 Å². The average molecular weight is 400 g/mol. The van der Waals surface area contributed by atoms with Crippen LogP contribution in [0, 0.1) is 0 Å². The van der Waals surface area contributed by atoms with Gasteiger partial charge in [0.15, 0.2) is 0 Å². The highest BCUT2D eigenvalue weighted by Crippen LogP contribution is 2.38. The van der Waals surface area contributed by atoms with E-state index in [9.17, 15) is 0 Å². The Bertz CT molecular complexity index is 1010. The zero-order valence-corrected chi connectivity index (χ0v) is 17.8. The number of likely N-dealkylation sites (N-methyl/N-ethyl adjacent to an activating group) is 1. The number of hydrogen-bond donors (Lipinski definition) is 0. The molecule has 0 bridgehead atoms. The minimum absolute atomic E-state index is 0.346. The number of fused-ring (bicyclic) bond motifs is 1. The standard InChI is InChI=1S/C25H29N5/c1-3-28-13-15-29(16-14-28)24-18-22(20-9-5-4-6-10-20)26-25(27-24)30-19(2)17-21-11-7-8-12-23(21)30/h4-12,18-19H,3,13-17H2,1-2H3. The number of piperazine rings is 1. The molecule has 1 aromatic heterocycles. The van der Waals surface area contributed by atoms with Crippen molar-refractivity contribution in [1.82, 2.24) is 14.9 Å². The van der Waals surface area contributed by atoms with Gasteiger partial charge in [-0.2, -0.15) is 4.98 Å². The Kier molecular flexibility index (Phi) is 5.13. The van der Waals surface area contributed by atoms with E-state index in [1.165, 1.54) is 11.3 Å². The zero-order valence-electron chi connectivity index (χ0n) is 17.8. The van der Waals surface area contributed by atoms with Gasteiger partial charge in [0.1, 0.15) is 5.82 Å². The van der Waals surface area contributed by atoms with E-state index in [2.05, 4.69) is 89.2 Å². The van der Waals surface area contributed by atoms with Gasteiger partial charge in [0.05, 0.1) is 5.69 Å². The molecule has 3 aromatic rings. The maximum atomic E-state index is 5.09. The van der Waals surface area contributed by atoms with E-state index < -0.39 is 0 Å². The van der Waals surface area contributed by atoms with Crippen LogP contribution in [0.1, 0.15) is 19.4 Å². The maximum absolute atomic E-state index is 5.09. The Morgan fingerprint density at radius 3 is 2.40 bits per heavy atom. The van der Waals surface area contributed by atoms with Gasteiger partial charge >= 0.3 is 0 Å². The molecule has 1 atom stereocenters. The van der Waals surface area contributed by atoms with Gasteiger partial charge in [-0.15, -0.1) is 0 Å². The molecule has 5 rings (SSSR count). The molecule has 2 aliphatic rings. The SMILES string of the molecule is CCN1CCN(c2cc(-c3ccccc3)nc(N3c4ccccc4CC3C)n2)CC1. The fraction of sp³-hybridized carbons (Fsp3) is 0.360. The molecule has 3 heterocycles. The van der Waals surface area contributed by atoms with Gasteiger partial charge < -0.3 is 14.7 Å². The topological polar surface area (TPSA) is 35.5 Å². The predicted octanol–water partition coefficient (Wildman–Crippen LogP) is 4.37. The van der Waals surface area contributed by atoms with Crippen LogP contribution in [-0.2, 0) is 6.42 Å². The Morgan fingerprint density at radius 1 is 0.900 bits per heavy atom. The Labute approximate surface area is 179 Å². The zero-order chi connectivity index (χ0) is 20.5. The van der Waals surface area contributed by atoms with Gasteiger partial charge in [0.2, 0.25) is 5.95 Å². The van der Waals surface area contributed by atoms with Gasteiger partial charge in [-0.3, -0.25) is 0 Å². The third-order valence-electron chi connectivity index (χ3n) is 6.34. The summed E-state index contributed by atoms with van der Waals surface area (Å²) in [5.74, 6) is 1.84. The van der Waals surface area contributed by atoms with Crippen LogP contribution in [0.2, 0.25) is 0 Å². The molecule has 0 aliphatic carbocycles. The van der Waals surface area contributed by atoms with Crippen molar-refractivity contribution in [3.05, 3.63) is 66.2 Å². The van der Waals surface area contributed by atoms with E-state index in [1.54, 1.807) is 0 Å². The van der Waals surface area contributed by atoms with Gasteiger partial charge in [-0.25, -0.2) is 4.98 Å². The lowest BCUT2D eigenvalue weighted by molar-refractivity contribution is 0.270. The molecular formula is C25H29N5. The molecule has 0 spiro atoms. The summed E-state index contributed by atoms with van der Waals surface area (Å²) < 4.78 is 0. The number of para-hydroxylation sites is 1. The van der Waals surface area contributed by atoms with Crippen LogP contribution in [0.15, 0.2) is 60.7 Å². The summed E-state index contributed by atoms with van der Waals surface area (Å²) in [7, 11) is 0. The summed E-state index contributed by atoms with van der Waals surface area (Å²) in [5, 5.41) is 0. The summed E-state index contributed by atoms with van der Waals surface area (Å²) in [6.45, 7) is 9.78. The van der Waals surface area contributed by atoms with Crippen molar-refractivity contribution in [2.45, 2.75) is 26.3 Å². The summed E-state index contributed by atoms with van der Waals surface area (Å²) in [6.07, 6.45) is 1.03. The Morgan fingerprint density at radius 2 is 1.63 bits per heavy atom. The first-order valence-corrected chi connectivity index (χ1v) is 11.0. The molecule has 5 nitrogen and oxygen atoms in total. The molecule has 2 aromatic carbocycles. The summed E-state index contributed by atoms with van der Waals surface area (Å²) in [4.78, 5) is 17.3. The number of benzene rings is 2. The Hall–Kier alpha value is -2.92. The highest BCUT2D eigenvalue weighted by atomic mass is 15.3. The van der Waals surface area contributed by atoms with Crippen molar-refractivity contribution in [3.8, 4) is 11.3 Å². The minimum Gasteiger partial charge on any atom is -0.354 e. The molecule has 30 heavy (non-hydrogen) atoms. The molecule has 5 heteroatoms. The third kappa shape index (κ3) is 3.54. The molecule has 1 unspecified atom stereocenters. The molecule has 0 amide bonds. The first-order chi connectivity index (χ1) is 14.7. The maximum Gasteiger partial charge on any atom is 0.232 e. The van der Waals surface area contributed by atoms with Crippen LogP contribution in [0.5, 0.6) is 0 Å². The molecule has 1 fully saturated rings. The van der Waals surface area contributed by atoms with E-state index in [-0.39, 0.29) is 0 Å². The fourth-order valence-corrected chi connectivity index (χ4v) is 4.61. The van der Waals surface area contributed by atoms with E-state index >= 15 is 0 Å². The van der Waals surface area contributed by atoms with Crippen LogP contribution < -0.4 is 9.80 Å². The molecule has 154 valence electrons. The van der Waals surface area contributed by atoms with Crippen LogP contribution >= 0.6 is 0 Å². The lowest BCUT2D eigenvalue weighted by atomic mass is 10.1. The molecular weight excluding hydrogens is 370 g/mol. The number of rotatable bonds is 4. The first-order valence-electron chi connectivity index (χ1n) is 11.0. The number of aromatic nitrogens is 2. The van der Waals surface area contributed by atoms with Crippen molar-refractivity contribution in [2.75, 3.05) is 42.5 Å². The fourth-order valence-electron chi connectivity index (χ4n) is 4.61. The quantitative estimate of drug-likeness (QED) is 0.651. The lowest BCUT2D eigenvalue weighted by Crippen LogP contribution is -2.46. The summed E-state index contributed by atoms with van der Waals surface area (Å²) >= 11 is 0. The highest BCUT2D eigenvalue weighted by Gasteiger charge is 2.30. The van der Waals surface area contributed by atoms with Crippen LogP contribution in [-0.4, -0.2) is 53.6 Å². The van der Waals surface area contributed by atoms with Crippen molar-refractivity contribution in [1.29, 1.82) is 0 Å². The number of hydrogen-bond acceptors (Lipinski definition) is 5. The number of anilines is 3. The minimum atomic E-state index is 0.346. The second-order valence-electron chi connectivity index (χ2n) is 8.25. The van der Waals surface area contributed by atoms with Gasteiger partial charge in [-0.05, 0) is 31.5 Å². The molecule has 2 aliphatic heterocycles. The Balaban J connectivity index is 1.57. The van der Waals surface area contributed by atoms with Crippen molar-refractivity contribution in [3.63, 3.8) is 0 Å². The second-order valence-corrected chi connectivity index (χ2v) is 8.25. The van der Waals surface area contributed by atoms with Crippen molar-refractivity contribution in [2.24, 2.45) is 0 Å². The predicted molar refractivity (Wildman–Crippen MR) is 124 cm³/mol. The van der Waals surface area contributed by atoms with Crippen LogP contribution in [0.3, 0.4) is 0 Å². The largest absolute Gasteiger partial charge is 0.354 e. The lowest BCUT2D eigenvalue weighted by Gasteiger charge is -2.35. The van der Waals surface area contributed by atoms with E-state index in [1.807, 2.05) is 0 Å². The van der Waals surface area contributed by atoms with E-state index in [4.69, 9.17) is 9.97 Å². The van der Waals surface area contributed by atoms with Gasteiger partial charge in [-0.1, -0.05) is 55.5 Å². The van der Waals surface area contributed by atoms with Gasteiger partial charge in [0, 0.05) is 49.5 Å². The second kappa shape index (κ2) is 8.07. The summed E-state index contributed by atoms with van der Waals surface area (Å²) in [5.41, 5.74) is 4.73. The first kappa shape index (κ1) is 19.1. The third-order valence-corrected chi connectivity index (χ3v) is 6.34. The monoisotopic (exact) mass is 399 g/mol. The molecule has 1 saturated heterocycles. The highest BCUT2D eigenvalue weighted by molar-refractivity contribution is 5.71. The number of nitrogens with zero attached hydrogens (tertiary/aromatic N) is 5. The molecule has 0 N–H and O–H groups in total. The van der Waals surface area contributed by atoms with E-state index in [0.29, 0.717) is 6.04 Å². The van der Waals surface area contributed by atoms with E-state index in [0.717, 1.165) is 62.2 Å². The van der Waals surface area contributed by atoms with Crippen LogP contribution in [0.4, 0.5) is 17.5 Å². The van der Waals surface area contributed by atoms with Crippen molar-refractivity contribution >= 4 is 17.5 Å². The molecule has 0 saturated carbocycles. The van der Waals surface area contributed by atoms with Crippen molar-refractivity contribution < 1.29 is 0 Å². The smallest absolute Gasteiger partial charge is 0.232 e. The molecule has 0 radical (unpaired) electrons. The normalized spacial score (nSPS) is 19.2. The van der Waals surface area contributed by atoms with Gasteiger partial charge in [0.25, 0.3) is 0 Å². The average Bonchev–Trinajstić information content (AvgIpc) is 3.15. The summed E-state index contributed by atoms with van der Waals surface area (Å²) in [6, 6.07) is 21.6.